The van der Waals surface area contributed by atoms with Crippen LogP contribution < -0.4 is 5.73 Å². The molecule has 0 aliphatic heterocycles. The molecule has 132 valence electrons. The first-order valence-corrected chi connectivity index (χ1v) is 9.93. The summed E-state index contributed by atoms with van der Waals surface area (Å²) in [5, 5.41) is 18.0. The Morgan fingerprint density at radius 3 is 1.77 bits per heavy atom. The molecule has 3 nitrogen and oxygen atoms in total. The molecule has 1 unspecified atom stereocenters. The molecule has 3 atom stereocenters. The lowest BCUT2D eigenvalue weighted by Crippen LogP contribution is -2.40. The van der Waals surface area contributed by atoms with Gasteiger partial charge in [-0.2, -0.15) is 0 Å². The van der Waals surface area contributed by atoms with Gasteiger partial charge in [0.25, 0.3) is 0 Å². The average molecular weight is 378 g/mol. The van der Waals surface area contributed by atoms with Crippen molar-refractivity contribution in [3.05, 3.63) is 12.2 Å². The Hall–Kier alpha value is 0.100. The molecule has 22 heavy (non-hydrogen) atoms. The van der Waals surface area contributed by atoms with Gasteiger partial charge >= 0.3 is 0 Å². The van der Waals surface area contributed by atoms with Gasteiger partial charge in [-0.15, -0.1) is 0 Å². The number of allylic oxidation sites excluding steroid dienone is 1. The summed E-state index contributed by atoms with van der Waals surface area (Å²) in [6.45, 7) is 2.26. The molecule has 0 rings (SSSR count). The second kappa shape index (κ2) is 16.0. The van der Waals surface area contributed by atoms with Crippen LogP contribution in [0.3, 0.4) is 0 Å². The number of nitrogens with two attached hydrogens (primary N) is 1. The maximum Gasteiger partial charge on any atom is 0.126 e. The second-order valence-corrected chi connectivity index (χ2v) is 7.13. The summed E-state index contributed by atoms with van der Waals surface area (Å²) in [6, 6.07) is -0.673. The van der Waals surface area contributed by atoms with E-state index in [9.17, 15) is 10.2 Å². The Kier molecular flexibility index (Phi) is 16.0. The van der Waals surface area contributed by atoms with Crippen LogP contribution in [0.2, 0.25) is 0 Å². The predicted molar refractivity (Wildman–Crippen MR) is 99.1 cm³/mol. The van der Waals surface area contributed by atoms with Gasteiger partial charge in [0.2, 0.25) is 0 Å². The quantitative estimate of drug-likeness (QED) is 0.221. The molecule has 0 aromatic rings. The van der Waals surface area contributed by atoms with Crippen molar-refractivity contribution in [1.82, 2.24) is 0 Å². The van der Waals surface area contributed by atoms with Gasteiger partial charge in [0.05, 0.1) is 12.1 Å². The third-order valence-corrected chi connectivity index (χ3v) is 4.63. The van der Waals surface area contributed by atoms with E-state index in [0.717, 1.165) is 12.8 Å². The summed E-state index contributed by atoms with van der Waals surface area (Å²) >= 11 is 2.96. The average Bonchev–Trinajstić information content (AvgIpc) is 2.50. The Morgan fingerprint density at radius 1 is 0.864 bits per heavy atom. The standard InChI is InChI=1S/C18H36BrNO2/c1-2-3-4-5-6-7-8-9-10-11-12-13-14-15-16(21)17(20)18(19)22/h14-18,21-22H,2-13,20H2,1H3/b15-14+/t16-,17+,18?/m1/s1. The van der Waals surface area contributed by atoms with Gasteiger partial charge in [0.1, 0.15) is 5.01 Å². The lowest BCUT2D eigenvalue weighted by molar-refractivity contribution is 0.131. The Labute approximate surface area is 145 Å². The SMILES string of the molecule is CCCCCCCCCCCCC/C=C/[C@@H](O)[C@H](N)C(O)Br. The molecular formula is C18H36BrNO2. The van der Waals surface area contributed by atoms with Crippen LogP contribution in [-0.4, -0.2) is 27.4 Å². The number of halogens is 1. The second-order valence-electron chi connectivity index (χ2n) is 6.19. The molecule has 0 aromatic heterocycles. The minimum atomic E-state index is -0.867. The Balaban J connectivity index is 3.29. The van der Waals surface area contributed by atoms with Gasteiger partial charge in [0, 0.05) is 0 Å². The Bertz CT molecular complexity index is 259. The topological polar surface area (TPSA) is 66.5 Å². The van der Waals surface area contributed by atoms with Crippen LogP contribution in [0.15, 0.2) is 12.2 Å². The molecule has 0 fully saturated rings. The summed E-state index contributed by atoms with van der Waals surface area (Å²) in [7, 11) is 0. The van der Waals surface area contributed by atoms with Crippen LogP contribution in [0, 0.1) is 0 Å². The molecular weight excluding hydrogens is 342 g/mol. The fourth-order valence-corrected chi connectivity index (χ4v) is 2.77. The highest BCUT2D eigenvalue weighted by molar-refractivity contribution is 9.09. The van der Waals surface area contributed by atoms with Gasteiger partial charge in [-0.1, -0.05) is 99.2 Å². The number of aliphatic hydroxyl groups excluding tert-OH is 2. The van der Waals surface area contributed by atoms with Crippen molar-refractivity contribution in [3.8, 4) is 0 Å². The van der Waals surface area contributed by atoms with Crippen LogP contribution in [-0.2, 0) is 0 Å². The number of hydrogen-bond donors (Lipinski definition) is 3. The van der Waals surface area contributed by atoms with Crippen LogP contribution in [0.1, 0.15) is 84.0 Å². The summed E-state index contributed by atoms with van der Waals surface area (Å²) in [4.78, 5) is 0. The lowest BCUT2D eigenvalue weighted by atomic mass is 10.0. The lowest BCUT2D eigenvalue weighted by Gasteiger charge is -2.16. The third-order valence-electron chi connectivity index (χ3n) is 4.02. The van der Waals surface area contributed by atoms with Gasteiger partial charge in [-0.05, 0) is 12.8 Å². The van der Waals surface area contributed by atoms with Crippen molar-refractivity contribution < 1.29 is 10.2 Å². The molecule has 0 saturated heterocycles. The van der Waals surface area contributed by atoms with E-state index >= 15 is 0 Å². The molecule has 0 saturated carbocycles. The first kappa shape index (κ1) is 22.1. The highest BCUT2D eigenvalue weighted by atomic mass is 79.9. The van der Waals surface area contributed by atoms with E-state index in [1.54, 1.807) is 6.08 Å². The molecule has 4 N–H and O–H groups in total. The molecule has 0 aliphatic rings. The molecule has 0 amide bonds. The number of aliphatic hydroxyl groups is 2. The predicted octanol–water partition coefficient (Wildman–Crippen LogP) is 4.65. The van der Waals surface area contributed by atoms with Crippen molar-refractivity contribution in [3.63, 3.8) is 0 Å². The molecule has 0 radical (unpaired) electrons. The fraction of sp³-hybridized carbons (Fsp3) is 0.889. The monoisotopic (exact) mass is 377 g/mol. The van der Waals surface area contributed by atoms with E-state index in [1.807, 2.05) is 6.08 Å². The van der Waals surface area contributed by atoms with Crippen molar-refractivity contribution in [2.75, 3.05) is 0 Å². The van der Waals surface area contributed by atoms with Crippen LogP contribution >= 0.6 is 15.9 Å². The molecule has 0 bridgehead atoms. The number of rotatable bonds is 15. The van der Waals surface area contributed by atoms with Crippen molar-refractivity contribution >= 4 is 15.9 Å². The first-order chi connectivity index (χ1) is 10.6. The van der Waals surface area contributed by atoms with E-state index < -0.39 is 17.2 Å². The van der Waals surface area contributed by atoms with Crippen LogP contribution in [0.4, 0.5) is 0 Å². The highest BCUT2D eigenvalue weighted by Crippen LogP contribution is 2.12. The van der Waals surface area contributed by atoms with Gasteiger partial charge in [-0.25, -0.2) is 0 Å². The Morgan fingerprint density at radius 2 is 1.32 bits per heavy atom. The van der Waals surface area contributed by atoms with Crippen LogP contribution in [0.5, 0.6) is 0 Å². The third kappa shape index (κ3) is 13.7. The van der Waals surface area contributed by atoms with Crippen LogP contribution in [0.25, 0.3) is 0 Å². The fourth-order valence-electron chi connectivity index (χ4n) is 2.45. The highest BCUT2D eigenvalue weighted by Gasteiger charge is 2.17. The maximum absolute atomic E-state index is 9.66. The molecule has 0 aromatic carbocycles. The van der Waals surface area contributed by atoms with E-state index in [1.165, 1.54) is 64.2 Å². The summed E-state index contributed by atoms with van der Waals surface area (Å²) in [5.41, 5.74) is 5.61. The molecule has 0 spiro atoms. The zero-order valence-corrected chi connectivity index (χ0v) is 15.8. The van der Waals surface area contributed by atoms with Crippen molar-refractivity contribution in [2.45, 2.75) is 101 Å². The summed E-state index contributed by atoms with van der Waals surface area (Å²) in [6.07, 6.45) is 18.6. The van der Waals surface area contributed by atoms with Gasteiger partial charge in [0.15, 0.2) is 0 Å². The van der Waals surface area contributed by atoms with Gasteiger partial charge < -0.3 is 15.9 Å². The summed E-state index contributed by atoms with van der Waals surface area (Å²) in [5.74, 6) is 0. The van der Waals surface area contributed by atoms with Crippen molar-refractivity contribution in [1.29, 1.82) is 0 Å². The molecule has 0 aliphatic carbocycles. The van der Waals surface area contributed by atoms with E-state index in [-0.39, 0.29) is 0 Å². The smallest absolute Gasteiger partial charge is 0.126 e. The van der Waals surface area contributed by atoms with E-state index in [2.05, 4.69) is 22.9 Å². The number of alkyl halides is 1. The first-order valence-electron chi connectivity index (χ1n) is 9.02. The van der Waals surface area contributed by atoms with Gasteiger partial charge in [-0.3, -0.25) is 0 Å². The number of unbranched alkanes of at least 4 members (excludes halogenated alkanes) is 11. The summed E-state index contributed by atoms with van der Waals surface area (Å²) < 4.78 is 0. The zero-order chi connectivity index (χ0) is 16.6. The van der Waals surface area contributed by atoms with Crippen molar-refractivity contribution in [2.24, 2.45) is 5.73 Å². The van der Waals surface area contributed by atoms with E-state index in [0.29, 0.717) is 0 Å². The zero-order valence-electron chi connectivity index (χ0n) is 14.2. The minimum Gasteiger partial charge on any atom is -0.387 e. The molecule has 4 heteroatoms. The minimum absolute atomic E-state index is 0.673. The molecule has 0 heterocycles. The normalized spacial score (nSPS) is 16.0. The van der Waals surface area contributed by atoms with E-state index in [4.69, 9.17) is 5.73 Å². The maximum atomic E-state index is 9.66. The largest absolute Gasteiger partial charge is 0.387 e. The number of hydrogen-bond acceptors (Lipinski definition) is 3.